The molecule has 4 unspecified atom stereocenters. The lowest BCUT2D eigenvalue weighted by molar-refractivity contribution is -0.130. The van der Waals surface area contributed by atoms with Crippen molar-refractivity contribution < 1.29 is 33.5 Å². The molecule has 1 aromatic heterocycles. The Hall–Kier alpha value is -6.34. The van der Waals surface area contributed by atoms with Crippen molar-refractivity contribution in [3.63, 3.8) is 0 Å². The fraction of sp³-hybridized carbons (Fsp3) is 0.386. The first-order valence-corrected chi connectivity index (χ1v) is 19.7. The number of allylic oxidation sites excluding steroid dienone is 5. The number of thiol groups is 1. The van der Waals surface area contributed by atoms with Gasteiger partial charge in [0.1, 0.15) is 11.8 Å². The Kier molecular flexibility index (Phi) is 24.2. The van der Waals surface area contributed by atoms with E-state index in [1.54, 1.807) is 75.5 Å². The van der Waals surface area contributed by atoms with Gasteiger partial charge < -0.3 is 40.2 Å². The maximum atomic E-state index is 12.1. The Morgan fingerprint density at radius 1 is 1.12 bits per heavy atom. The predicted octanol–water partition coefficient (Wildman–Crippen LogP) is 3.47. The van der Waals surface area contributed by atoms with E-state index in [1.165, 1.54) is 11.0 Å². The van der Waals surface area contributed by atoms with Crippen LogP contribution in [0.3, 0.4) is 0 Å². The Labute approximate surface area is 358 Å². The molecule has 2 fully saturated rings. The standard InChI is InChI=1S/C16H15NO2.C15H23N3O3.C7H12N2O2.C6H9NOS/c1-4-6-11(5-2)14-10-16(18)13-8-7-12(19-3)9-15(13)17-14;1-5-10-18(4)15(21)9-7-8-14(20)17-12(3)11-16-13(19)6-2;1-8-7(11)6-3-2-4-9(6)5-10;1-2-4-3-5(4)6(8)7-9/h4-10H,1-2H2,3H3,(H,17,18);1,6,12H,2,7-11H2,3-4H3,(H,16,19)(H,17,20);5-6H,2-4H2,1H3,(H,8,11);2,4-5,9H,1,3H2,(H,7,8)/b11-6+;;;. The van der Waals surface area contributed by atoms with Gasteiger partial charge in [0, 0.05) is 75.2 Å². The summed E-state index contributed by atoms with van der Waals surface area (Å²) in [6.45, 7) is 17.4. The van der Waals surface area contributed by atoms with Crippen LogP contribution in [0.5, 0.6) is 5.75 Å². The van der Waals surface area contributed by atoms with Crippen LogP contribution in [0, 0.1) is 24.2 Å². The maximum Gasteiger partial charge on any atom is 0.243 e. The Morgan fingerprint density at radius 3 is 2.38 bits per heavy atom. The van der Waals surface area contributed by atoms with E-state index in [0.717, 1.165) is 36.8 Å². The lowest BCUT2D eigenvalue weighted by atomic mass is 10.1. The predicted molar refractivity (Wildman–Crippen MR) is 239 cm³/mol. The molecule has 2 heterocycles. The van der Waals surface area contributed by atoms with Gasteiger partial charge in [-0.2, -0.15) is 0 Å². The number of fused-ring (bicyclic) bond motifs is 1. The number of ether oxygens (including phenoxy) is 1. The van der Waals surface area contributed by atoms with Gasteiger partial charge in [-0.05, 0) is 62.3 Å². The minimum absolute atomic E-state index is 0.0169. The van der Waals surface area contributed by atoms with E-state index in [1.807, 2.05) is 6.08 Å². The molecule has 1 saturated heterocycles. The van der Waals surface area contributed by atoms with Crippen molar-refractivity contribution >= 4 is 65.2 Å². The second-order valence-electron chi connectivity index (χ2n) is 13.6. The molecule has 1 saturated carbocycles. The van der Waals surface area contributed by atoms with Gasteiger partial charge in [-0.25, -0.2) is 0 Å². The maximum absolute atomic E-state index is 12.1. The third-order valence-electron chi connectivity index (χ3n) is 9.16. The van der Waals surface area contributed by atoms with Crippen LogP contribution in [-0.2, 0) is 28.8 Å². The number of carbonyl (C=O) groups is 6. The molecule has 0 bridgehead atoms. The summed E-state index contributed by atoms with van der Waals surface area (Å²) in [7, 11) is 4.81. The molecule has 2 aromatic rings. The monoisotopic (exact) mass is 845 g/mol. The van der Waals surface area contributed by atoms with Crippen molar-refractivity contribution in [1.82, 2.24) is 35.5 Å². The number of benzene rings is 1. The lowest BCUT2D eigenvalue weighted by Gasteiger charge is -2.17. The highest BCUT2D eigenvalue weighted by Gasteiger charge is 2.40. The number of nitrogens with one attached hydrogen (secondary N) is 5. The second-order valence-corrected chi connectivity index (χ2v) is 13.8. The summed E-state index contributed by atoms with van der Waals surface area (Å²) in [5.74, 6) is 3.09. The molecule has 15 nitrogen and oxygen atoms in total. The fourth-order valence-corrected chi connectivity index (χ4v) is 5.84. The Bertz CT molecular complexity index is 1970. The normalized spacial score (nSPS) is 16.4. The van der Waals surface area contributed by atoms with Crippen molar-refractivity contribution in [2.75, 3.05) is 40.8 Å². The van der Waals surface area contributed by atoms with Crippen LogP contribution in [0.4, 0.5) is 0 Å². The minimum Gasteiger partial charge on any atom is -0.497 e. The molecule has 2 aliphatic rings. The summed E-state index contributed by atoms with van der Waals surface area (Å²) >= 11 is 3.64. The van der Waals surface area contributed by atoms with E-state index in [0.29, 0.717) is 42.3 Å². The average molecular weight is 846 g/mol. The first-order valence-electron chi connectivity index (χ1n) is 19.2. The molecule has 0 spiro atoms. The smallest absolute Gasteiger partial charge is 0.243 e. The minimum atomic E-state index is -0.279. The number of likely N-dealkylation sites (N-methyl/N-ethyl adjacent to an activating group) is 1. The van der Waals surface area contributed by atoms with Crippen LogP contribution < -0.4 is 30.8 Å². The van der Waals surface area contributed by atoms with Crippen LogP contribution in [0.25, 0.3) is 16.5 Å². The Balaban J connectivity index is 0.000000420. The third kappa shape index (κ3) is 18.1. The van der Waals surface area contributed by atoms with Gasteiger partial charge in [0.25, 0.3) is 0 Å². The van der Waals surface area contributed by atoms with Crippen LogP contribution >= 0.6 is 12.8 Å². The number of aromatic nitrogens is 1. The quantitative estimate of drug-likeness (QED) is 0.0348. The van der Waals surface area contributed by atoms with E-state index in [4.69, 9.17) is 11.2 Å². The van der Waals surface area contributed by atoms with E-state index < -0.39 is 0 Å². The summed E-state index contributed by atoms with van der Waals surface area (Å²) in [5, 5.41) is 8.49. The largest absolute Gasteiger partial charge is 0.497 e. The summed E-state index contributed by atoms with van der Waals surface area (Å²) in [5.41, 5.74) is 2.22. The number of carbonyl (C=O) groups excluding carboxylic acids is 6. The van der Waals surface area contributed by atoms with Crippen molar-refractivity contribution in [1.29, 1.82) is 0 Å². The van der Waals surface area contributed by atoms with Crippen molar-refractivity contribution in [2.45, 2.75) is 57.5 Å². The zero-order chi connectivity index (χ0) is 45.2. The first kappa shape index (κ1) is 51.7. The number of terminal acetylenes is 1. The summed E-state index contributed by atoms with van der Waals surface area (Å²) in [6.07, 6.45) is 17.6. The summed E-state index contributed by atoms with van der Waals surface area (Å²) in [6, 6.07) is 6.48. The molecule has 6 amide bonds. The topological polar surface area (TPSA) is 199 Å². The Morgan fingerprint density at radius 2 is 1.83 bits per heavy atom. The highest BCUT2D eigenvalue weighted by Crippen LogP contribution is 2.39. The number of hydrogen-bond donors (Lipinski definition) is 6. The third-order valence-corrected chi connectivity index (χ3v) is 9.38. The number of aromatic amines is 1. The van der Waals surface area contributed by atoms with E-state index in [-0.39, 0.29) is 72.4 Å². The number of hydrogen-bond acceptors (Lipinski definition) is 9. The van der Waals surface area contributed by atoms with Crippen molar-refractivity contribution in [3.05, 3.63) is 96.9 Å². The van der Waals surface area contributed by atoms with Gasteiger partial charge in [-0.3, -0.25) is 33.6 Å². The molecule has 4 rings (SSSR count). The van der Waals surface area contributed by atoms with E-state index >= 15 is 0 Å². The number of rotatable bonds is 17. The van der Waals surface area contributed by atoms with Gasteiger partial charge in [0.05, 0.1) is 19.2 Å². The number of nitrogens with zero attached hydrogens (tertiary/aromatic N) is 2. The molecule has 0 radical (unpaired) electrons. The zero-order valence-electron chi connectivity index (χ0n) is 35.0. The SMILES string of the molecule is C#CCN(C)C(=O)CCCC(=O)NC(C)CNC(=O)C=C.C=C/C=C(\C=C)c1cc(=O)c2ccc(OC)cc2[nH]1.C=CC1CC1C(=O)NS.CNC(=O)C1CCCN1C=O. The molecule has 16 heteroatoms. The number of pyridine rings is 1. The number of likely N-dealkylation sites (tertiary alicyclic amines) is 1. The molecule has 60 heavy (non-hydrogen) atoms. The van der Waals surface area contributed by atoms with Crippen molar-refractivity contribution in [2.24, 2.45) is 11.8 Å². The average Bonchev–Trinajstić information content (AvgIpc) is 3.90. The van der Waals surface area contributed by atoms with Gasteiger partial charge >= 0.3 is 0 Å². The molecule has 5 N–H and O–H groups in total. The lowest BCUT2D eigenvalue weighted by Crippen LogP contribution is -2.41. The highest BCUT2D eigenvalue weighted by atomic mass is 32.1. The molecular weight excluding hydrogens is 787 g/mol. The van der Waals surface area contributed by atoms with Gasteiger partial charge in [-0.1, -0.05) is 62.8 Å². The molecular formula is C44H59N7O8S. The zero-order valence-corrected chi connectivity index (χ0v) is 35.9. The molecule has 1 aromatic carbocycles. The molecule has 1 aliphatic heterocycles. The van der Waals surface area contributed by atoms with Gasteiger partial charge in [0.15, 0.2) is 5.43 Å². The van der Waals surface area contributed by atoms with Crippen LogP contribution in [-0.4, -0.2) is 104 Å². The van der Waals surface area contributed by atoms with Crippen molar-refractivity contribution in [3.8, 4) is 18.1 Å². The van der Waals surface area contributed by atoms with Gasteiger partial charge in [-0.15, -0.1) is 13.0 Å². The molecule has 4 atom stereocenters. The van der Waals surface area contributed by atoms with Crippen LogP contribution in [0.15, 0.2) is 85.8 Å². The van der Waals surface area contributed by atoms with Crippen LogP contribution in [0.2, 0.25) is 0 Å². The fourth-order valence-electron chi connectivity index (χ4n) is 5.67. The first-order chi connectivity index (χ1) is 28.7. The molecule has 1 aliphatic carbocycles. The van der Waals surface area contributed by atoms with E-state index in [9.17, 15) is 33.6 Å². The highest BCUT2D eigenvalue weighted by molar-refractivity contribution is 7.78. The van der Waals surface area contributed by atoms with Crippen LogP contribution in [0.1, 0.15) is 51.1 Å². The van der Waals surface area contributed by atoms with E-state index in [2.05, 4.69) is 70.7 Å². The number of methoxy groups -OCH3 is 1. The second kappa shape index (κ2) is 28.1. The summed E-state index contributed by atoms with van der Waals surface area (Å²) < 4.78 is 7.46. The molecule has 324 valence electrons. The van der Waals surface area contributed by atoms with Gasteiger partial charge in [0.2, 0.25) is 35.9 Å². The summed E-state index contributed by atoms with van der Waals surface area (Å²) in [4.78, 5) is 84.6. The number of amides is 6. The number of H-pyrrole nitrogens is 1.